The molecule has 0 saturated heterocycles. The molecule has 0 radical (unpaired) electrons. The lowest BCUT2D eigenvalue weighted by Crippen LogP contribution is -2.41. The van der Waals surface area contributed by atoms with Gasteiger partial charge in [0.25, 0.3) is 5.91 Å². The third kappa shape index (κ3) is 6.21. The molecule has 0 aromatic heterocycles. The van der Waals surface area contributed by atoms with Crippen molar-refractivity contribution in [2.75, 3.05) is 13.7 Å². The third-order valence-corrected chi connectivity index (χ3v) is 2.75. The number of amides is 1. The van der Waals surface area contributed by atoms with E-state index in [1.165, 1.54) is 14.0 Å². The van der Waals surface area contributed by atoms with Gasteiger partial charge in [-0.3, -0.25) is 9.59 Å². The summed E-state index contributed by atoms with van der Waals surface area (Å²) in [4.78, 5) is 34.3. The van der Waals surface area contributed by atoms with Crippen LogP contribution in [0, 0.1) is 0 Å². The highest BCUT2D eigenvalue weighted by Crippen LogP contribution is 2.02. The first-order valence-electron chi connectivity index (χ1n) is 6.76. The first-order valence-corrected chi connectivity index (χ1v) is 6.76. The van der Waals surface area contributed by atoms with Crippen molar-refractivity contribution in [2.24, 2.45) is 0 Å². The second kappa shape index (κ2) is 9.33. The maximum absolute atomic E-state index is 12.0. The molecule has 22 heavy (non-hydrogen) atoms. The van der Waals surface area contributed by atoms with Crippen molar-refractivity contribution >= 4 is 17.8 Å². The molecular weight excluding hydrogens is 286 g/mol. The Balaban J connectivity index is 2.59. The number of nitrogens with one attached hydrogen (secondary N) is 1. The van der Waals surface area contributed by atoms with Crippen LogP contribution in [-0.2, 0) is 19.1 Å². The molecule has 6 nitrogen and oxygen atoms in total. The van der Waals surface area contributed by atoms with Crippen molar-refractivity contribution < 1.29 is 23.9 Å². The molecule has 118 valence electrons. The van der Waals surface area contributed by atoms with Crippen LogP contribution in [0.25, 0.3) is 0 Å². The van der Waals surface area contributed by atoms with Crippen LogP contribution in [0.3, 0.4) is 0 Å². The summed E-state index contributed by atoms with van der Waals surface area (Å²) in [6, 6.07) is 7.78. The molecule has 0 saturated carbocycles. The second-order valence-corrected chi connectivity index (χ2v) is 4.42. The van der Waals surface area contributed by atoms with Crippen LogP contribution in [-0.4, -0.2) is 37.6 Å². The van der Waals surface area contributed by atoms with E-state index >= 15 is 0 Å². The van der Waals surface area contributed by atoms with Gasteiger partial charge in [-0.2, -0.15) is 0 Å². The van der Waals surface area contributed by atoms with Gasteiger partial charge in [0.1, 0.15) is 12.6 Å². The van der Waals surface area contributed by atoms with Crippen LogP contribution in [0.4, 0.5) is 0 Å². The van der Waals surface area contributed by atoms with Crippen LogP contribution >= 0.6 is 0 Å². The summed E-state index contributed by atoms with van der Waals surface area (Å²) in [5, 5.41) is 2.61. The fourth-order valence-electron chi connectivity index (χ4n) is 1.65. The van der Waals surface area contributed by atoms with Gasteiger partial charge in [-0.15, -0.1) is 0 Å². The van der Waals surface area contributed by atoms with Gasteiger partial charge in [0.05, 0.1) is 7.11 Å². The van der Waals surface area contributed by atoms with Crippen molar-refractivity contribution in [3.05, 3.63) is 48.0 Å². The summed E-state index contributed by atoms with van der Waals surface area (Å²) < 4.78 is 9.40. The quantitative estimate of drug-likeness (QED) is 0.609. The minimum atomic E-state index is -0.800. The zero-order chi connectivity index (χ0) is 16.4. The summed E-state index contributed by atoms with van der Waals surface area (Å²) >= 11 is 0. The Bertz CT molecular complexity index is 539. The third-order valence-electron chi connectivity index (χ3n) is 2.75. The molecule has 1 aromatic carbocycles. The molecule has 1 amide bonds. The number of esters is 2. The molecule has 6 heteroatoms. The van der Waals surface area contributed by atoms with Crippen molar-refractivity contribution in [3.63, 3.8) is 0 Å². The average Bonchev–Trinajstić information content (AvgIpc) is 2.53. The number of rotatable bonds is 7. The monoisotopic (exact) mass is 305 g/mol. The first kappa shape index (κ1) is 17.4. The van der Waals surface area contributed by atoms with Crippen molar-refractivity contribution in [3.8, 4) is 0 Å². The number of carbonyl (C=O) groups excluding carboxylic acids is 3. The summed E-state index contributed by atoms with van der Waals surface area (Å²) in [5.41, 5.74) is 0.459. The molecule has 0 heterocycles. The number of hydrogen-bond acceptors (Lipinski definition) is 5. The van der Waals surface area contributed by atoms with E-state index in [1.54, 1.807) is 42.5 Å². The molecule has 0 aliphatic heterocycles. The van der Waals surface area contributed by atoms with E-state index in [0.717, 1.165) is 0 Å². The van der Waals surface area contributed by atoms with Crippen molar-refractivity contribution in [2.45, 2.75) is 19.4 Å². The Morgan fingerprint density at radius 1 is 1.18 bits per heavy atom. The molecule has 1 atom stereocenters. The summed E-state index contributed by atoms with van der Waals surface area (Å²) in [5.74, 6) is -1.28. The van der Waals surface area contributed by atoms with E-state index < -0.39 is 12.0 Å². The van der Waals surface area contributed by atoms with Crippen LogP contribution in [0.15, 0.2) is 42.5 Å². The van der Waals surface area contributed by atoms with E-state index in [4.69, 9.17) is 4.74 Å². The molecular formula is C16H19NO5. The van der Waals surface area contributed by atoms with E-state index in [2.05, 4.69) is 10.1 Å². The smallest absolute Gasteiger partial charge is 0.328 e. The van der Waals surface area contributed by atoms with E-state index in [9.17, 15) is 14.4 Å². The lowest BCUT2D eigenvalue weighted by Gasteiger charge is -2.14. The second-order valence-electron chi connectivity index (χ2n) is 4.42. The predicted octanol–water partition coefficient (Wildman–Crippen LogP) is 1.47. The Morgan fingerprint density at radius 3 is 2.45 bits per heavy atom. The van der Waals surface area contributed by atoms with Gasteiger partial charge in [0.2, 0.25) is 0 Å². The fraction of sp³-hybridized carbons (Fsp3) is 0.312. The molecule has 0 bridgehead atoms. The molecule has 1 unspecified atom stereocenters. The van der Waals surface area contributed by atoms with E-state index in [-0.39, 0.29) is 24.9 Å². The van der Waals surface area contributed by atoms with Crippen molar-refractivity contribution in [1.29, 1.82) is 0 Å². The number of hydrogen-bond donors (Lipinski definition) is 1. The highest BCUT2D eigenvalue weighted by Gasteiger charge is 2.20. The lowest BCUT2D eigenvalue weighted by molar-refractivity contribution is -0.143. The standard InChI is InChI=1S/C16H19NO5/c1-12(18)22-11-7-6-10-14(16(20)21-2)17-15(19)13-8-4-3-5-9-13/h3-9,14H,10-11H2,1-2H3,(H,17,19)/b7-6+. The minimum Gasteiger partial charge on any atom is -0.467 e. The van der Waals surface area contributed by atoms with Crippen molar-refractivity contribution in [1.82, 2.24) is 5.32 Å². The Labute approximate surface area is 129 Å². The zero-order valence-corrected chi connectivity index (χ0v) is 12.6. The van der Waals surface area contributed by atoms with Crippen LogP contribution < -0.4 is 5.32 Å². The number of benzene rings is 1. The fourth-order valence-corrected chi connectivity index (χ4v) is 1.65. The Morgan fingerprint density at radius 2 is 1.86 bits per heavy atom. The number of carbonyl (C=O) groups is 3. The highest BCUT2D eigenvalue weighted by molar-refractivity contribution is 5.96. The summed E-state index contributed by atoms with van der Waals surface area (Å²) in [7, 11) is 1.26. The topological polar surface area (TPSA) is 81.7 Å². The molecule has 1 N–H and O–H groups in total. The van der Waals surface area contributed by atoms with Gasteiger partial charge in [0, 0.05) is 12.5 Å². The summed E-state index contributed by atoms with van der Waals surface area (Å²) in [6.07, 6.45) is 3.49. The Hall–Kier alpha value is -2.63. The predicted molar refractivity (Wildman–Crippen MR) is 80.1 cm³/mol. The minimum absolute atomic E-state index is 0.121. The largest absolute Gasteiger partial charge is 0.467 e. The summed E-state index contributed by atoms with van der Waals surface area (Å²) in [6.45, 7) is 1.43. The van der Waals surface area contributed by atoms with Gasteiger partial charge < -0.3 is 14.8 Å². The lowest BCUT2D eigenvalue weighted by atomic mass is 10.1. The zero-order valence-electron chi connectivity index (χ0n) is 12.6. The molecule has 1 aromatic rings. The van der Waals surface area contributed by atoms with Gasteiger partial charge in [-0.1, -0.05) is 30.4 Å². The van der Waals surface area contributed by atoms with Crippen LogP contribution in [0.1, 0.15) is 23.7 Å². The van der Waals surface area contributed by atoms with Crippen LogP contribution in [0.5, 0.6) is 0 Å². The maximum Gasteiger partial charge on any atom is 0.328 e. The highest BCUT2D eigenvalue weighted by atomic mass is 16.5. The molecule has 0 fully saturated rings. The normalized spacial score (nSPS) is 11.7. The molecule has 1 rings (SSSR count). The Kier molecular flexibility index (Phi) is 7.39. The maximum atomic E-state index is 12.0. The van der Waals surface area contributed by atoms with Gasteiger partial charge in [0.15, 0.2) is 0 Å². The number of methoxy groups -OCH3 is 1. The van der Waals surface area contributed by atoms with Gasteiger partial charge in [-0.05, 0) is 18.6 Å². The van der Waals surface area contributed by atoms with Crippen LogP contribution in [0.2, 0.25) is 0 Å². The van der Waals surface area contributed by atoms with Gasteiger partial charge >= 0.3 is 11.9 Å². The molecule has 0 aliphatic rings. The SMILES string of the molecule is COC(=O)C(C/C=C/COC(C)=O)NC(=O)c1ccccc1. The average molecular weight is 305 g/mol. The first-order chi connectivity index (χ1) is 10.5. The molecule has 0 aliphatic carbocycles. The number of ether oxygens (including phenoxy) is 2. The van der Waals surface area contributed by atoms with E-state index in [1.807, 2.05) is 0 Å². The molecule has 0 spiro atoms. The van der Waals surface area contributed by atoms with Gasteiger partial charge in [-0.25, -0.2) is 4.79 Å². The van der Waals surface area contributed by atoms with E-state index in [0.29, 0.717) is 5.56 Å².